The van der Waals surface area contributed by atoms with Crippen molar-refractivity contribution in [2.45, 2.75) is 45.3 Å². The van der Waals surface area contributed by atoms with Gasteiger partial charge in [0.05, 0.1) is 10.6 Å². The van der Waals surface area contributed by atoms with Crippen LogP contribution in [0.1, 0.15) is 41.3 Å². The van der Waals surface area contributed by atoms with Crippen molar-refractivity contribution in [1.29, 1.82) is 0 Å². The van der Waals surface area contributed by atoms with Crippen LogP contribution < -0.4 is 10.2 Å². The third kappa shape index (κ3) is 5.25. The van der Waals surface area contributed by atoms with Gasteiger partial charge < -0.3 is 10.2 Å². The highest BCUT2D eigenvalue weighted by Gasteiger charge is 2.32. The van der Waals surface area contributed by atoms with E-state index in [1.807, 2.05) is 0 Å². The summed E-state index contributed by atoms with van der Waals surface area (Å²) in [5.74, 6) is 0.608. The van der Waals surface area contributed by atoms with Crippen LogP contribution in [-0.4, -0.2) is 72.5 Å². The van der Waals surface area contributed by atoms with Crippen molar-refractivity contribution in [3.05, 3.63) is 58.2 Å². The normalized spacial score (nSPS) is 21.0. The molecule has 1 amide bonds. The number of piperidine rings is 1. The lowest BCUT2D eigenvalue weighted by molar-refractivity contribution is 0.0690. The first-order valence-corrected chi connectivity index (χ1v) is 12.0. The highest BCUT2D eigenvalue weighted by atomic mass is 35.5. The summed E-state index contributed by atoms with van der Waals surface area (Å²) in [6, 6.07) is 11.6. The Kier molecular flexibility index (Phi) is 7.33. The minimum atomic E-state index is -0.169. The Morgan fingerprint density at radius 3 is 2.62 bits per heavy atom. The van der Waals surface area contributed by atoms with Crippen LogP contribution in [0.15, 0.2) is 36.5 Å². The second-order valence-corrected chi connectivity index (χ2v) is 9.54. The number of aryl methyl sites for hydroxylation is 1. The predicted molar refractivity (Wildman–Crippen MR) is 130 cm³/mol. The Morgan fingerprint density at radius 1 is 1.19 bits per heavy atom. The fourth-order valence-corrected chi connectivity index (χ4v) is 5.40. The van der Waals surface area contributed by atoms with Crippen LogP contribution in [0.4, 0.5) is 5.82 Å². The van der Waals surface area contributed by atoms with Gasteiger partial charge in [0.15, 0.2) is 0 Å². The molecule has 2 fully saturated rings. The van der Waals surface area contributed by atoms with Crippen LogP contribution >= 0.6 is 11.6 Å². The molecule has 2 aromatic rings. The molecule has 4 rings (SSSR count). The number of benzene rings is 1. The monoisotopic (exact) mass is 455 g/mol. The smallest absolute Gasteiger partial charge is 0.252 e. The number of pyridine rings is 1. The first-order valence-electron chi connectivity index (χ1n) is 11.6. The molecule has 172 valence electrons. The summed E-state index contributed by atoms with van der Waals surface area (Å²) in [6.45, 7) is 10.6. The molecule has 0 aliphatic carbocycles. The summed E-state index contributed by atoms with van der Waals surface area (Å²) in [7, 11) is 1.61. The van der Waals surface area contributed by atoms with Gasteiger partial charge in [0, 0.05) is 51.5 Å². The van der Waals surface area contributed by atoms with Gasteiger partial charge in [-0.3, -0.25) is 14.6 Å². The van der Waals surface area contributed by atoms with Gasteiger partial charge in [-0.05, 0) is 51.4 Å². The van der Waals surface area contributed by atoms with Gasteiger partial charge in [0.1, 0.15) is 5.82 Å². The molecule has 0 unspecified atom stereocenters. The van der Waals surface area contributed by atoms with E-state index in [0.717, 1.165) is 45.1 Å². The first-order chi connectivity index (χ1) is 15.4. The van der Waals surface area contributed by atoms with Crippen LogP contribution in [0, 0.1) is 6.92 Å². The zero-order valence-electron chi connectivity index (χ0n) is 19.4. The fraction of sp³-hybridized carbons (Fsp3) is 0.520. The molecule has 0 radical (unpaired) electrons. The van der Waals surface area contributed by atoms with Crippen molar-refractivity contribution in [2.24, 2.45) is 0 Å². The summed E-state index contributed by atoms with van der Waals surface area (Å²) in [5, 5.41) is 3.15. The lowest BCUT2D eigenvalue weighted by atomic mass is 9.99. The zero-order valence-corrected chi connectivity index (χ0v) is 20.1. The van der Waals surface area contributed by atoms with Crippen molar-refractivity contribution in [1.82, 2.24) is 20.1 Å². The number of carbonyl (C=O) groups excluding carboxylic acids is 1. The quantitative estimate of drug-likeness (QED) is 0.746. The standard InChI is InChI=1S/C25H34ClN5O/c1-18-5-4-6-20(13-18)17-29-9-7-22(8-10-29)31-12-11-30(16-19(31)2)24-23(26)14-21(15-28-24)25(32)27-3/h4-6,13-15,19,22H,7-12,16-17H2,1-3H3,(H,27,32)/t19-/m0/s1. The second kappa shape index (κ2) is 10.2. The van der Waals surface area contributed by atoms with Gasteiger partial charge in [-0.2, -0.15) is 0 Å². The molecule has 1 N–H and O–H groups in total. The average molecular weight is 456 g/mol. The summed E-state index contributed by atoms with van der Waals surface area (Å²) < 4.78 is 0. The number of anilines is 1. The van der Waals surface area contributed by atoms with E-state index < -0.39 is 0 Å². The van der Waals surface area contributed by atoms with Crippen molar-refractivity contribution < 1.29 is 4.79 Å². The maximum atomic E-state index is 11.8. The van der Waals surface area contributed by atoms with Gasteiger partial charge in [-0.1, -0.05) is 41.4 Å². The molecule has 6 nitrogen and oxygen atoms in total. The van der Waals surface area contributed by atoms with E-state index >= 15 is 0 Å². The number of nitrogens with one attached hydrogen (secondary N) is 1. The number of aromatic nitrogens is 1. The van der Waals surface area contributed by atoms with Gasteiger partial charge in [-0.25, -0.2) is 4.98 Å². The van der Waals surface area contributed by atoms with Crippen molar-refractivity contribution in [3.63, 3.8) is 0 Å². The summed E-state index contributed by atoms with van der Waals surface area (Å²) in [5.41, 5.74) is 3.24. The number of amides is 1. The minimum absolute atomic E-state index is 0.169. The van der Waals surface area contributed by atoms with Crippen molar-refractivity contribution in [2.75, 3.05) is 44.7 Å². The topological polar surface area (TPSA) is 51.7 Å². The van der Waals surface area contributed by atoms with Crippen LogP contribution in [0.5, 0.6) is 0 Å². The van der Waals surface area contributed by atoms with Crippen molar-refractivity contribution in [3.8, 4) is 0 Å². The molecule has 2 aliphatic heterocycles. The van der Waals surface area contributed by atoms with E-state index in [4.69, 9.17) is 11.6 Å². The molecule has 3 heterocycles. The number of halogens is 1. The molecule has 1 aromatic heterocycles. The number of rotatable bonds is 5. The predicted octanol–water partition coefficient (Wildman–Crippen LogP) is 3.58. The Labute approximate surface area is 196 Å². The third-order valence-corrected chi connectivity index (χ3v) is 7.08. The van der Waals surface area contributed by atoms with Gasteiger partial charge in [0.2, 0.25) is 0 Å². The summed E-state index contributed by atoms with van der Waals surface area (Å²) in [6.07, 6.45) is 4.05. The molecular weight excluding hydrogens is 422 g/mol. The average Bonchev–Trinajstić information content (AvgIpc) is 2.79. The molecule has 2 aliphatic rings. The van der Waals surface area contributed by atoms with E-state index in [9.17, 15) is 4.79 Å². The Hall–Kier alpha value is -2.15. The minimum Gasteiger partial charge on any atom is -0.355 e. The summed E-state index contributed by atoms with van der Waals surface area (Å²) >= 11 is 6.49. The molecule has 7 heteroatoms. The fourth-order valence-electron chi connectivity index (χ4n) is 5.12. The van der Waals surface area contributed by atoms with Gasteiger partial charge in [-0.15, -0.1) is 0 Å². The molecule has 1 aromatic carbocycles. The molecule has 32 heavy (non-hydrogen) atoms. The molecule has 0 spiro atoms. The van der Waals surface area contributed by atoms with E-state index in [-0.39, 0.29) is 5.91 Å². The summed E-state index contributed by atoms with van der Waals surface area (Å²) in [4.78, 5) is 23.9. The lowest BCUT2D eigenvalue weighted by Gasteiger charge is -2.47. The number of likely N-dealkylation sites (tertiary alicyclic amines) is 1. The van der Waals surface area contributed by atoms with Crippen LogP contribution in [-0.2, 0) is 6.54 Å². The first kappa shape index (κ1) is 23.0. The largest absolute Gasteiger partial charge is 0.355 e. The lowest BCUT2D eigenvalue weighted by Crippen LogP contribution is -2.57. The molecular formula is C25H34ClN5O. The third-order valence-electron chi connectivity index (χ3n) is 6.80. The van der Waals surface area contributed by atoms with Gasteiger partial charge in [0.25, 0.3) is 5.91 Å². The van der Waals surface area contributed by atoms with E-state index in [1.165, 1.54) is 24.0 Å². The van der Waals surface area contributed by atoms with Crippen molar-refractivity contribution >= 4 is 23.3 Å². The van der Waals surface area contributed by atoms with E-state index in [1.54, 1.807) is 19.3 Å². The Bertz CT molecular complexity index is 944. The second-order valence-electron chi connectivity index (χ2n) is 9.14. The van der Waals surface area contributed by atoms with E-state index in [0.29, 0.717) is 22.7 Å². The van der Waals surface area contributed by atoms with Crippen LogP contribution in [0.2, 0.25) is 5.02 Å². The number of piperazine rings is 1. The highest BCUT2D eigenvalue weighted by Crippen LogP contribution is 2.29. The Morgan fingerprint density at radius 2 is 1.97 bits per heavy atom. The Balaban J connectivity index is 1.31. The number of hydrogen-bond acceptors (Lipinski definition) is 5. The maximum absolute atomic E-state index is 11.8. The highest BCUT2D eigenvalue weighted by molar-refractivity contribution is 6.33. The van der Waals surface area contributed by atoms with Gasteiger partial charge >= 0.3 is 0 Å². The number of hydrogen-bond donors (Lipinski definition) is 1. The molecule has 2 saturated heterocycles. The van der Waals surface area contributed by atoms with E-state index in [2.05, 4.69) is 63.1 Å². The molecule has 1 atom stereocenters. The zero-order chi connectivity index (χ0) is 22.7. The maximum Gasteiger partial charge on any atom is 0.252 e. The SMILES string of the molecule is CNC(=O)c1cnc(N2CCN(C3CCN(Cc4cccc(C)c4)CC3)[C@@H](C)C2)c(Cl)c1. The van der Waals surface area contributed by atoms with Crippen LogP contribution in [0.25, 0.3) is 0 Å². The number of nitrogens with zero attached hydrogens (tertiary/aromatic N) is 4. The molecule has 0 saturated carbocycles. The van der Waals surface area contributed by atoms with Crippen LogP contribution in [0.3, 0.4) is 0 Å². The number of carbonyl (C=O) groups is 1. The molecule has 0 bridgehead atoms.